The van der Waals surface area contributed by atoms with Crippen molar-refractivity contribution < 1.29 is 5.11 Å². The highest BCUT2D eigenvalue weighted by Crippen LogP contribution is 2.45. The molecule has 4 nitrogen and oxygen atoms in total. The van der Waals surface area contributed by atoms with E-state index in [1.807, 2.05) is 48.3 Å². The molecule has 1 aromatic heterocycles. The highest BCUT2D eigenvalue weighted by molar-refractivity contribution is 8.14. The van der Waals surface area contributed by atoms with E-state index in [9.17, 15) is 5.11 Å². The van der Waals surface area contributed by atoms with Crippen LogP contribution in [-0.4, -0.2) is 32.5 Å². The second-order valence-corrected chi connectivity index (χ2v) is 6.25. The van der Waals surface area contributed by atoms with Crippen LogP contribution in [0.25, 0.3) is 0 Å². The van der Waals surface area contributed by atoms with Gasteiger partial charge in [0.25, 0.3) is 0 Å². The first kappa shape index (κ1) is 12.7. The Labute approximate surface area is 127 Å². The zero-order valence-electron chi connectivity index (χ0n) is 11.4. The van der Waals surface area contributed by atoms with Gasteiger partial charge in [-0.05, 0) is 29.8 Å². The number of pyridine rings is 1. The topological polar surface area (TPSA) is 48.7 Å². The predicted molar refractivity (Wildman–Crippen MR) is 84.4 cm³/mol. The van der Waals surface area contributed by atoms with Crippen LogP contribution in [0.15, 0.2) is 53.7 Å². The van der Waals surface area contributed by atoms with Crippen molar-refractivity contribution >= 4 is 16.9 Å². The highest BCUT2D eigenvalue weighted by Gasteiger charge is 2.41. The van der Waals surface area contributed by atoms with Gasteiger partial charge in [0.1, 0.15) is 11.8 Å². The van der Waals surface area contributed by atoms with Gasteiger partial charge in [-0.25, -0.2) is 0 Å². The Balaban J connectivity index is 1.77. The van der Waals surface area contributed by atoms with Crippen LogP contribution in [0.2, 0.25) is 0 Å². The van der Waals surface area contributed by atoms with Crippen molar-refractivity contribution in [3.8, 4) is 5.75 Å². The number of fused-ring (bicyclic) bond motifs is 1. The van der Waals surface area contributed by atoms with Crippen molar-refractivity contribution in [1.82, 2.24) is 9.88 Å². The number of rotatable bonds is 2. The van der Waals surface area contributed by atoms with Gasteiger partial charge in [0.05, 0.1) is 11.7 Å². The summed E-state index contributed by atoms with van der Waals surface area (Å²) in [5.41, 5.74) is 2.17. The molecule has 21 heavy (non-hydrogen) atoms. The predicted octanol–water partition coefficient (Wildman–Crippen LogP) is 2.99. The number of hydrogen-bond donors (Lipinski definition) is 1. The summed E-state index contributed by atoms with van der Waals surface area (Å²) in [6.45, 7) is 1.01. The van der Waals surface area contributed by atoms with Crippen molar-refractivity contribution in [2.75, 3.05) is 12.3 Å². The summed E-state index contributed by atoms with van der Waals surface area (Å²) in [5.74, 6) is 1.38. The minimum absolute atomic E-state index is 0.0264. The van der Waals surface area contributed by atoms with Crippen LogP contribution in [0.5, 0.6) is 5.75 Å². The molecular weight excluding hydrogens is 282 g/mol. The summed E-state index contributed by atoms with van der Waals surface area (Å²) in [7, 11) is 0. The summed E-state index contributed by atoms with van der Waals surface area (Å²) in [5, 5.41) is 10.6. The molecule has 2 aliphatic rings. The van der Waals surface area contributed by atoms with E-state index in [0.29, 0.717) is 5.75 Å². The van der Waals surface area contributed by atoms with Crippen molar-refractivity contribution in [2.24, 2.45) is 4.99 Å². The molecule has 2 aromatic rings. The summed E-state index contributed by atoms with van der Waals surface area (Å²) in [4.78, 5) is 11.7. The lowest BCUT2D eigenvalue weighted by molar-refractivity contribution is 0.332. The number of benzene rings is 1. The molecule has 0 bridgehead atoms. The van der Waals surface area contributed by atoms with Crippen LogP contribution >= 0.6 is 11.8 Å². The number of nitrogens with zero attached hydrogens (tertiary/aromatic N) is 3. The Kier molecular flexibility index (Phi) is 3.07. The maximum Gasteiger partial charge on any atom is 0.160 e. The minimum Gasteiger partial charge on any atom is -0.508 e. The van der Waals surface area contributed by atoms with Crippen molar-refractivity contribution in [3.63, 3.8) is 0 Å². The fraction of sp³-hybridized carbons (Fsp3) is 0.250. The standard InChI is InChI=1S/C16H15N3OS/c20-12-6-4-11(5-7-12)15-14(13-3-1-2-8-17-13)18-16-19(15)9-10-21-16/h1-8,14-15,20H,9-10H2. The summed E-state index contributed by atoms with van der Waals surface area (Å²) >= 11 is 1.81. The number of thioether (sulfide) groups is 1. The molecule has 4 rings (SSSR count). The second kappa shape index (κ2) is 5.07. The molecule has 0 aliphatic carbocycles. The van der Waals surface area contributed by atoms with E-state index in [1.54, 1.807) is 12.1 Å². The molecule has 5 heteroatoms. The van der Waals surface area contributed by atoms with Crippen molar-refractivity contribution in [3.05, 3.63) is 59.9 Å². The number of phenolic OH excluding ortho intramolecular Hbond substituents is 1. The van der Waals surface area contributed by atoms with E-state index in [0.717, 1.165) is 23.2 Å². The Morgan fingerprint density at radius 3 is 2.76 bits per heavy atom. The zero-order valence-corrected chi connectivity index (χ0v) is 12.2. The van der Waals surface area contributed by atoms with Gasteiger partial charge in [0.2, 0.25) is 0 Å². The van der Waals surface area contributed by atoms with Crippen LogP contribution in [0.1, 0.15) is 23.3 Å². The van der Waals surface area contributed by atoms with E-state index >= 15 is 0 Å². The van der Waals surface area contributed by atoms with Gasteiger partial charge in [-0.1, -0.05) is 30.0 Å². The number of amidine groups is 1. The molecule has 2 unspecified atom stereocenters. The fourth-order valence-corrected chi connectivity index (χ4v) is 3.99. The molecule has 1 fully saturated rings. The van der Waals surface area contributed by atoms with Crippen LogP contribution in [-0.2, 0) is 0 Å². The summed E-state index contributed by atoms with van der Waals surface area (Å²) in [6, 6.07) is 13.6. The molecule has 1 aromatic carbocycles. The largest absolute Gasteiger partial charge is 0.508 e. The van der Waals surface area contributed by atoms with Crippen molar-refractivity contribution in [1.29, 1.82) is 0 Å². The van der Waals surface area contributed by atoms with Gasteiger partial charge in [0, 0.05) is 18.5 Å². The molecule has 2 aliphatic heterocycles. The molecule has 1 saturated heterocycles. The Morgan fingerprint density at radius 2 is 2.00 bits per heavy atom. The minimum atomic E-state index is 0.0264. The molecule has 106 valence electrons. The maximum absolute atomic E-state index is 9.51. The first-order valence-electron chi connectivity index (χ1n) is 7.00. The second-order valence-electron chi connectivity index (χ2n) is 5.19. The Hall–Kier alpha value is -2.01. The number of aromatic hydroxyl groups is 1. The molecule has 0 spiro atoms. The van der Waals surface area contributed by atoms with E-state index in [1.165, 1.54) is 5.56 Å². The number of aromatic nitrogens is 1. The maximum atomic E-state index is 9.51. The SMILES string of the molecule is Oc1ccc(C2C(c3ccccn3)N=C3SCCN32)cc1. The van der Waals surface area contributed by atoms with Gasteiger partial charge in [-0.2, -0.15) is 0 Å². The van der Waals surface area contributed by atoms with Crippen molar-refractivity contribution in [2.45, 2.75) is 12.1 Å². The lowest BCUT2D eigenvalue weighted by Crippen LogP contribution is -2.27. The quantitative estimate of drug-likeness (QED) is 0.926. The van der Waals surface area contributed by atoms with E-state index in [4.69, 9.17) is 4.99 Å². The van der Waals surface area contributed by atoms with Crippen LogP contribution in [0.3, 0.4) is 0 Å². The van der Waals surface area contributed by atoms with Gasteiger partial charge >= 0.3 is 0 Å². The van der Waals surface area contributed by atoms with Crippen LogP contribution < -0.4 is 0 Å². The van der Waals surface area contributed by atoms with Crippen LogP contribution in [0.4, 0.5) is 0 Å². The number of phenols is 1. The first-order valence-corrected chi connectivity index (χ1v) is 7.98. The monoisotopic (exact) mass is 297 g/mol. The average Bonchev–Trinajstić information content (AvgIpc) is 3.10. The molecule has 3 heterocycles. The smallest absolute Gasteiger partial charge is 0.160 e. The lowest BCUT2D eigenvalue weighted by Gasteiger charge is -2.26. The van der Waals surface area contributed by atoms with Gasteiger partial charge < -0.3 is 10.0 Å². The number of aliphatic imine (C=N–C) groups is 1. The first-order chi connectivity index (χ1) is 10.3. The molecule has 1 N–H and O–H groups in total. The third-order valence-electron chi connectivity index (χ3n) is 3.92. The summed E-state index contributed by atoms with van der Waals surface area (Å²) < 4.78 is 0. The number of hydrogen-bond acceptors (Lipinski definition) is 5. The summed E-state index contributed by atoms with van der Waals surface area (Å²) in [6.07, 6.45) is 1.82. The molecule has 0 radical (unpaired) electrons. The highest BCUT2D eigenvalue weighted by atomic mass is 32.2. The van der Waals surface area contributed by atoms with E-state index in [-0.39, 0.29) is 12.1 Å². The third-order valence-corrected chi connectivity index (χ3v) is 4.90. The molecule has 0 saturated carbocycles. The molecule has 0 amide bonds. The third kappa shape index (κ3) is 2.17. The Morgan fingerprint density at radius 1 is 1.14 bits per heavy atom. The molecular formula is C16H15N3OS. The van der Waals surface area contributed by atoms with Crippen LogP contribution in [0, 0.1) is 0 Å². The Bertz CT molecular complexity index is 672. The van der Waals surface area contributed by atoms with E-state index < -0.39 is 0 Å². The lowest BCUT2D eigenvalue weighted by atomic mass is 9.96. The van der Waals surface area contributed by atoms with Gasteiger partial charge in [-0.3, -0.25) is 9.98 Å². The molecule has 2 atom stereocenters. The van der Waals surface area contributed by atoms with E-state index in [2.05, 4.69) is 9.88 Å². The zero-order chi connectivity index (χ0) is 14.2. The normalized spacial score (nSPS) is 24.0. The average molecular weight is 297 g/mol. The van der Waals surface area contributed by atoms with Gasteiger partial charge in [-0.15, -0.1) is 0 Å². The van der Waals surface area contributed by atoms with Gasteiger partial charge in [0.15, 0.2) is 5.17 Å². The fourth-order valence-electron chi connectivity index (χ4n) is 2.96.